The van der Waals surface area contributed by atoms with Crippen molar-refractivity contribution in [2.24, 2.45) is 7.05 Å². The molecule has 4 rings (SSSR count). The van der Waals surface area contributed by atoms with Gasteiger partial charge in [0.2, 0.25) is 5.95 Å². The molecule has 0 saturated heterocycles. The van der Waals surface area contributed by atoms with Crippen LogP contribution in [0.15, 0.2) is 48.8 Å². The highest BCUT2D eigenvalue weighted by Gasteiger charge is 2.23. The molecule has 28 heavy (non-hydrogen) atoms. The second-order valence-corrected chi connectivity index (χ2v) is 6.68. The molecule has 0 saturated carbocycles. The Morgan fingerprint density at radius 1 is 1.04 bits per heavy atom. The van der Waals surface area contributed by atoms with E-state index >= 15 is 0 Å². The molecule has 1 aromatic carbocycles. The number of anilines is 1. The molecule has 0 aliphatic carbocycles. The summed E-state index contributed by atoms with van der Waals surface area (Å²) in [5, 5.41) is 21.7. The van der Waals surface area contributed by atoms with Gasteiger partial charge >= 0.3 is 0 Å². The third-order valence-electron chi connectivity index (χ3n) is 4.72. The summed E-state index contributed by atoms with van der Waals surface area (Å²) in [5.41, 5.74) is 2.98. The van der Waals surface area contributed by atoms with E-state index in [1.165, 1.54) is 0 Å². The Hall–Kier alpha value is -3.62. The molecule has 0 N–H and O–H groups in total. The largest absolute Gasteiger partial charge is 0.334 e. The van der Waals surface area contributed by atoms with Crippen LogP contribution in [0.3, 0.4) is 0 Å². The smallest absolute Gasteiger partial charge is 0.227 e. The van der Waals surface area contributed by atoms with Crippen LogP contribution in [0.1, 0.15) is 24.4 Å². The van der Waals surface area contributed by atoms with Gasteiger partial charge in [0.15, 0.2) is 11.6 Å². The van der Waals surface area contributed by atoms with Crippen LogP contribution in [0.4, 0.5) is 5.95 Å². The molecule has 3 heterocycles. The van der Waals surface area contributed by atoms with Gasteiger partial charge < -0.3 is 4.90 Å². The summed E-state index contributed by atoms with van der Waals surface area (Å²) in [7, 11) is 3.88. The molecule has 0 amide bonds. The van der Waals surface area contributed by atoms with Crippen LogP contribution >= 0.6 is 0 Å². The highest BCUT2D eigenvalue weighted by atomic mass is 15.6. The average molecular weight is 375 g/mol. The number of hydrogen-bond acceptors (Lipinski definition) is 7. The number of nitrogens with zero attached hydrogens (tertiary/aromatic N) is 9. The monoisotopic (exact) mass is 375 g/mol. The van der Waals surface area contributed by atoms with Gasteiger partial charge in [0, 0.05) is 32.1 Å². The summed E-state index contributed by atoms with van der Waals surface area (Å²) in [5.74, 6) is 2.09. The zero-order valence-electron chi connectivity index (χ0n) is 16.2. The van der Waals surface area contributed by atoms with E-state index in [9.17, 15) is 0 Å². The second-order valence-electron chi connectivity index (χ2n) is 6.68. The maximum absolute atomic E-state index is 4.55. The lowest BCUT2D eigenvalue weighted by Crippen LogP contribution is -2.25. The van der Waals surface area contributed by atoms with Crippen molar-refractivity contribution in [2.75, 3.05) is 11.9 Å². The number of rotatable bonds is 5. The molecule has 4 aromatic rings. The predicted molar refractivity (Wildman–Crippen MR) is 105 cm³/mol. The Morgan fingerprint density at radius 2 is 1.82 bits per heavy atom. The first kappa shape index (κ1) is 17.8. The number of aryl methyl sites for hydroxylation is 1. The Balaban J connectivity index is 1.59. The van der Waals surface area contributed by atoms with Crippen molar-refractivity contribution < 1.29 is 0 Å². The van der Waals surface area contributed by atoms with Crippen LogP contribution in [-0.4, -0.2) is 47.0 Å². The SMILES string of the molecule is Cc1cccc(-n2nnc(C(C)N(C)c3nnc(-c4ccncc4)n3C)n2)c1. The van der Waals surface area contributed by atoms with E-state index < -0.39 is 0 Å². The van der Waals surface area contributed by atoms with E-state index in [0.29, 0.717) is 11.8 Å². The quantitative estimate of drug-likeness (QED) is 0.529. The minimum atomic E-state index is -0.133. The Bertz CT molecular complexity index is 1080. The zero-order chi connectivity index (χ0) is 19.7. The van der Waals surface area contributed by atoms with E-state index in [-0.39, 0.29) is 6.04 Å². The molecule has 0 bridgehead atoms. The maximum Gasteiger partial charge on any atom is 0.227 e. The molecule has 0 spiro atoms. The minimum Gasteiger partial charge on any atom is -0.334 e. The standard InChI is InChI=1S/C19H21N9/c1-13-6-5-7-16(12-13)28-24-17(21-25-28)14(2)26(3)19-23-22-18(27(19)4)15-8-10-20-11-9-15/h5-12,14H,1-4H3. The van der Waals surface area contributed by atoms with E-state index in [2.05, 4.69) is 30.6 Å². The van der Waals surface area contributed by atoms with Gasteiger partial charge in [0.25, 0.3) is 0 Å². The van der Waals surface area contributed by atoms with Crippen molar-refractivity contribution in [3.05, 3.63) is 60.2 Å². The number of hydrogen-bond donors (Lipinski definition) is 0. The summed E-state index contributed by atoms with van der Waals surface area (Å²) >= 11 is 0. The van der Waals surface area contributed by atoms with Crippen molar-refractivity contribution in [1.82, 2.24) is 40.0 Å². The van der Waals surface area contributed by atoms with Gasteiger partial charge in [0.05, 0.1) is 11.7 Å². The van der Waals surface area contributed by atoms with Crippen LogP contribution in [0, 0.1) is 6.92 Å². The van der Waals surface area contributed by atoms with Crippen molar-refractivity contribution in [1.29, 1.82) is 0 Å². The van der Waals surface area contributed by atoms with Crippen LogP contribution in [0.2, 0.25) is 0 Å². The van der Waals surface area contributed by atoms with Crippen molar-refractivity contribution in [3.8, 4) is 17.1 Å². The Labute approximate surface area is 162 Å². The topological polar surface area (TPSA) is 90.4 Å². The first-order chi connectivity index (χ1) is 13.5. The molecule has 0 aliphatic heterocycles. The number of benzene rings is 1. The van der Waals surface area contributed by atoms with Crippen LogP contribution in [0.25, 0.3) is 17.1 Å². The number of tetrazole rings is 1. The lowest BCUT2D eigenvalue weighted by atomic mass is 10.2. The van der Waals surface area contributed by atoms with Crippen LogP contribution in [0.5, 0.6) is 0 Å². The summed E-state index contributed by atoms with van der Waals surface area (Å²) < 4.78 is 1.94. The maximum atomic E-state index is 4.55. The second kappa shape index (κ2) is 7.18. The molecule has 1 atom stereocenters. The zero-order valence-corrected chi connectivity index (χ0v) is 16.2. The van der Waals surface area contributed by atoms with Gasteiger partial charge in [-0.05, 0) is 48.9 Å². The normalized spacial score (nSPS) is 12.1. The Kier molecular flexibility index (Phi) is 4.56. The predicted octanol–water partition coefficient (Wildman–Crippen LogP) is 2.36. The molecular formula is C19H21N9. The fraction of sp³-hybridized carbons (Fsp3) is 0.263. The van der Waals surface area contributed by atoms with Gasteiger partial charge in [-0.3, -0.25) is 9.55 Å². The fourth-order valence-electron chi connectivity index (χ4n) is 2.98. The number of aromatic nitrogens is 8. The first-order valence-electron chi connectivity index (χ1n) is 8.94. The summed E-state index contributed by atoms with van der Waals surface area (Å²) in [6.07, 6.45) is 3.48. The van der Waals surface area contributed by atoms with Crippen molar-refractivity contribution in [2.45, 2.75) is 19.9 Å². The highest BCUT2D eigenvalue weighted by Crippen LogP contribution is 2.25. The van der Waals surface area contributed by atoms with Crippen LogP contribution in [-0.2, 0) is 7.05 Å². The fourth-order valence-corrected chi connectivity index (χ4v) is 2.98. The van der Waals surface area contributed by atoms with Crippen molar-refractivity contribution >= 4 is 5.95 Å². The third-order valence-corrected chi connectivity index (χ3v) is 4.72. The molecule has 0 aliphatic rings. The lowest BCUT2D eigenvalue weighted by molar-refractivity contribution is 0.649. The Morgan fingerprint density at radius 3 is 2.57 bits per heavy atom. The molecular weight excluding hydrogens is 354 g/mol. The summed E-state index contributed by atoms with van der Waals surface area (Å²) in [6.45, 7) is 4.05. The molecule has 9 nitrogen and oxygen atoms in total. The third kappa shape index (κ3) is 3.22. The average Bonchev–Trinajstić information content (AvgIpc) is 3.35. The minimum absolute atomic E-state index is 0.133. The summed E-state index contributed by atoms with van der Waals surface area (Å²) in [4.78, 5) is 7.58. The molecule has 3 aromatic heterocycles. The molecule has 1 unspecified atom stereocenters. The van der Waals surface area contributed by atoms with Gasteiger partial charge in [-0.1, -0.05) is 12.1 Å². The summed E-state index contributed by atoms with van der Waals surface area (Å²) in [6, 6.07) is 11.7. The molecule has 9 heteroatoms. The lowest BCUT2D eigenvalue weighted by Gasteiger charge is -2.22. The van der Waals surface area contributed by atoms with Gasteiger partial charge in [0.1, 0.15) is 0 Å². The first-order valence-corrected chi connectivity index (χ1v) is 8.94. The van der Waals surface area contributed by atoms with E-state index in [1.54, 1.807) is 17.2 Å². The van der Waals surface area contributed by atoms with E-state index in [0.717, 1.165) is 22.6 Å². The molecule has 0 fully saturated rings. The van der Waals surface area contributed by atoms with Crippen molar-refractivity contribution in [3.63, 3.8) is 0 Å². The van der Waals surface area contributed by atoms with Gasteiger partial charge in [-0.15, -0.1) is 25.2 Å². The van der Waals surface area contributed by atoms with Gasteiger partial charge in [-0.2, -0.15) is 0 Å². The van der Waals surface area contributed by atoms with E-state index in [1.807, 2.05) is 73.8 Å². The van der Waals surface area contributed by atoms with Gasteiger partial charge in [-0.25, -0.2) is 0 Å². The molecule has 142 valence electrons. The number of pyridine rings is 1. The van der Waals surface area contributed by atoms with E-state index in [4.69, 9.17) is 0 Å². The highest BCUT2D eigenvalue weighted by molar-refractivity contribution is 5.56. The van der Waals surface area contributed by atoms with Crippen LogP contribution < -0.4 is 4.90 Å². The molecule has 0 radical (unpaired) electrons.